The highest BCUT2D eigenvalue weighted by atomic mass is 35.5. The fourth-order valence-corrected chi connectivity index (χ4v) is 3.10. The molecule has 25 heavy (non-hydrogen) atoms. The van der Waals surface area contributed by atoms with E-state index in [2.05, 4.69) is 20.2 Å². The molecule has 0 saturated carbocycles. The Kier molecular flexibility index (Phi) is 5.03. The lowest BCUT2D eigenvalue weighted by molar-refractivity contribution is 0.0517. The summed E-state index contributed by atoms with van der Waals surface area (Å²) in [7, 11) is 0. The molecule has 1 fully saturated rings. The van der Waals surface area contributed by atoms with E-state index >= 15 is 0 Å². The largest absolute Gasteiger partial charge is 0.459 e. The minimum absolute atomic E-state index is 0.220. The Labute approximate surface area is 151 Å². The summed E-state index contributed by atoms with van der Waals surface area (Å²) in [6, 6.07) is 1.78. The number of amides is 1. The van der Waals surface area contributed by atoms with E-state index in [9.17, 15) is 4.79 Å². The van der Waals surface area contributed by atoms with Crippen LogP contribution in [0.4, 0.5) is 10.6 Å². The smallest absolute Gasteiger partial charge is 0.407 e. The molecule has 0 atom stereocenters. The lowest BCUT2D eigenvalue weighted by Crippen LogP contribution is -2.40. The van der Waals surface area contributed by atoms with Gasteiger partial charge in [0.15, 0.2) is 11.4 Å². The van der Waals surface area contributed by atoms with Crippen molar-refractivity contribution in [3.63, 3.8) is 0 Å². The molecule has 7 nitrogen and oxygen atoms in total. The number of carbonyl (C=O) groups excluding carboxylic acids is 1. The first-order chi connectivity index (χ1) is 11.8. The average Bonchev–Trinajstić information content (AvgIpc) is 2.99. The van der Waals surface area contributed by atoms with Gasteiger partial charge in [-0.15, -0.1) is 0 Å². The van der Waals surface area contributed by atoms with Crippen LogP contribution in [0, 0.1) is 5.92 Å². The van der Waals surface area contributed by atoms with Crippen molar-refractivity contribution in [2.45, 2.75) is 39.2 Å². The maximum atomic E-state index is 11.8. The zero-order valence-corrected chi connectivity index (χ0v) is 15.5. The summed E-state index contributed by atoms with van der Waals surface area (Å²) in [5.74, 6) is 1.15. The summed E-state index contributed by atoms with van der Waals surface area (Å²) < 4.78 is 10.8. The lowest BCUT2D eigenvalue weighted by Gasteiger charge is -2.32. The molecule has 2 aromatic rings. The van der Waals surface area contributed by atoms with Gasteiger partial charge in [-0.3, -0.25) is 0 Å². The first kappa shape index (κ1) is 17.8. The van der Waals surface area contributed by atoms with Crippen LogP contribution in [0.5, 0.6) is 0 Å². The van der Waals surface area contributed by atoms with Crippen LogP contribution in [-0.2, 0) is 4.74 Å². The molecule has 1 N–H and O–H groups in total. The zero-order chi connectivity index (χ0) is 18.0. The summed E-state index contributed by atoms with van der Waals surface area (Å²) >= 11 is 6.01. The van der Waals surface area contributed by atoms with Crippen molar-refractivity contribution < 1.29 is 13.9 Å². The zero-order valence-electron chi connectivity index (χ0n) is 14.7. The molecule has 0 radical (unpaired) electrons. The van der Waals surface area contributed by atoms with Gasteiger partial charge in [-0.2, -0.15) is 4.98 Å². The number of rotatable bonds is 3. The number of fused-ring (bicyclic) bond motifs is 1. The highest BCUT2D eigenvalue weighted by molar-refractivity contribution is 6.28. The number of carbonyl (C=O) groups is 1. The Morgan fingerprint density at radius 3 is 2.80 bits per heavy atom. The number of ether oxygens (including phenoxy) is 1. The van der Waals surface area contributed by atoms with Gasteiger partial charge < -0.3 is 19.4 Å². The van der Waals surface area contributed by atoms with Crippen molar-refractivity contribution >= 4 is 34.6 Å². The van der Waals surface area contributed by atoms with Gasteiger partial charge in [0.05, 0.1) is 6.26 Å². The SMILES string of the molecule is CC(C)(C)OC(=O)NCC1CCN(c2nc(Cl)nc3ccoc23)CC1. The second kappa shape index (κ2) is 7.07. The summed E-state index contributed by atoms with van der Waals surface area (Å²) in [6.45, 7) is 7.82. The molecule has 3 rings (SSSR count). The standard InChI is InChI=1S/C17H23ClN4O3/c1-17(2,3)25-16(23)19-10-11-4-7-22(8-5-11)14-13-12(6-9-24-13)20-15(18)21-14/h6,9,11H,4-5,7-8,10H2,1-3H3,(H,19,23). The van der Waals surface area contributed by atoms with E-state index < -0.39 is 5.60 Å². The first-order valence-electron chi connectivity index (χ1n) is 8.44. The van der Waals surface area contributed by atoms with Crippen LogP contribution >= 0.6 is 11.6 Å². The molecule has 0 unspecified atom stereocenters. The molecule has 2 aromatic heterocycles. The highest BCUT2D eigenvalue weighted by Crippen LogP contribution is 2.29. The first-order valence-corrected chi connectivity index (χ1v) is 8.82. The van der Waals surface area contributed by atoms with Crippen LogP contribution in [0.1, 0.15) is 33.6 Å². The van der Waals surface area contributed by atoms with E-state index in [4.69, 9.17) is 20.8 Å². The van der Waals surface area contributed by atoms with E-state index in [1.807, 2.05) is 20.8 Å². The number of aromatic nitrogens is 2. The summed E-state index contributed by atoms with van der Waals surface area (Å²) in [4.78, 5) is 22.4. The molecule has 1 amide bonds. The van der Waals surface area contributed by atoms with Gasteiger partial charge in [-0.05, 0) is 51.1 Å². The molecule has 1 saturated heterocycles. The third kappa shape index (κ3) is 4.54. The molecule has 0 spiro atoms. The molecular weight excluding hydrogens is 344 g/mol. The van der Waals surface area contributed by atoms with Crippen molar-refractivity contribution in [3.05, 3.63) is 17.6 Å². The molecule has 3 heterocycles. The Bertz CT molecular complexity index is 748. The predicted molar refractivity (Wildman–Crippen MR) is 96.0 cm³/mol. The summed E-state index contributed by atoms with van der Waals surface area (Å²) in [5.41, 5.74) is 0.896. The van der Waals surface area contributed by atoms with Gasteiger partial charge in [0.2, 0.25) is 5.28 Å². The second-order valence-corrected chi connectivity index (χ2v) is 7.60. The van der Waals surface area contributed by atoms with Crippen LogP contribution < -0.4 is 10.2 Å². The monoisotopic (exact) mass is 366 g/mol. The van der Waals surface area contributed by atoms with Crippen LogP contribution in [0.15, 0.2) is 16.7 Å². The quantitative estimate of drug-likeness (QED) is 0.835. The Balaban J connectivity index is 1.55. The fraction of sp³-hybridized carbons (Fsp3) is 0.588. The average molecular weight is 367 g/mol. The van der Waals surface area contributed by atoms with E-state index in [-0.39, 0.29) is 11.4 Å². The summed E-state index contributed by atoms with van der Waals surface area (Å²) in [5, 5.41) is 3.07. The fourth-order valence-electron chi connectivity index (χ4n) is 2.93. The van der Waals surface area contributed by atoms with Gasteiger partial charge in [0, 0.05) is 25.7 Å². The van der Waals surface area contributed by atoms with Gasteiger partial charge >= 0.3 is 6.09 Å². The number of anilines is 1. The van der Waals surface area contributed by atoms with Crippen LogP contribution in [0.2, 0.25) is 5.28 Å². The minimum Gasteiger partial charge on any atom is -0.459 e. The number of hydrogen-bond donors (Lipinski definition) is 1. The number of hydrogen-bond acceptors (Lipinski definition) is 6. The molecule has 136 valence electrons. The van der Waals surface area contributed by atoms with E-state index in [0.717, 1.165) is 31.7 Å². The molecule has 1 aliphatic rings. The molecule has 8 heteroatoms. The van der Waals surface area contributed by atoms with Crippen molar-refractivity contribution in [2.24, 2.45) is 5.92 Å². The summed E-state index contributed by atoms with van der Waals surface area (Å²) in [6.07, 6.45) is 3.12. The number of nitrogens with zero attached hydrogens (tertiary/aromatic N) is 3. The van der Waals surface area contributed by atoms with Crippen LogP contribution in [-0.4, -0.2) is 41.3 Å². The van der Waals surface area contributed by atoms with Crippen molar-refractivity contribution in [3.8, 4) is 0 Å². The second-order valence-electron chi connectivity index (χ2n) is 7.26. The van der Waals surface area contributed by atoms with Crippen molar-refractivity contribution in [1.82, 2.24) is 15.3 Å². The number of alkyl carbamates (subject to hydrolysis) is 1. The number of piperidine rings is 1. The van der Waals surface area contributed by atoms with Gasteiger partial charge in [0.1, 0.15) is 11.1 Å². The van der Waals surface area contributed by atoms with Gasteiger partial charge in [-0.25, -0.2) is 9.78 Å². The van der Waals surface area contributed by atoms with E-state index in [1.165, 1.54) is 0 Å². The van der Waals surface area contributed by atoms with E-state index in [0.29, 0.717) is 23.6 Å². The maximum absolute atomic E-state index is 11.8. The van der Waals surface area contributed by atoms with Gasteiger partial charge in [-0.1, -0.05) is 0 Å². The lowest BCUT2D eigenvalue weighted by atomic mass is 9.97. The number of nitrogens with one attached hydrogen (secondary N) is 1. The molecular formula is C17H23ClN4O3. The maximum Gasteiger partial charge on any atom is 0.407 e. The highest BCUT2D eigenvalue weighted by Gasteiger charge is 2.24. The van der Waals surface area contributed by atoms with E-state index in [1.54, 1.807) is 12.3 Å². The third-order valence-electron chi connectivity index (χ3n) is 4.11. The normalized spacial score (nSPS) is 16.2. The topological polar surface area (TPSA) is 80.5 Å². The Morgan fingerprint density at radius 2 is 2.12 bits per heavy atom. The van der Waals surface area contributed by atoms with Crippen molar-refractivity contribution in [1.29, 1.82) is 0 Å². The number of halogens is 1. The molecule has 0 aliphatic carbocycles. The van der Waals surface area contributed by atoms with Gasteiger partial charge in [0.25, 0.3) is 0 Å². The molecule has 0 bridgehead atoms. The Morgan fingerprint density at radius 1 is 1.40 bits per heavy atom. The third-order valence-corrected chi connectivity index (χ3v) is 4.28. The van der Waals surface area contributed by atoms with Crippen LogP contribution in [0.25, 0.3) is 11.1 Å². The minimum atomic E-state index is -0.478. The Hall–Kier alpha value is -2.02. The van der Waals surface area contributed by atoms with Crippen molar-refractivity contribution in [2.75, 3.05) is 24.5 Å². The molecule has 0 aromatic carbocycles. The predicted octanol–water partition coefficient (Wildman–Crippen LogP) is 3.62. The molecule has 1 aliphatic heterocycles. The number of furan rings is 1. The van der Waals surface area contributed by atoms with Crippen LogP contribution in [0.3, 0.4) is 0 Å².